The molecule has 162 valence electrons. The molecule has 0 saturated heterocycles. The van der Waals surface area contributed by atoms with Crippen molar-refractivity contribution in [2.24, 2.45) is 0 Å². The second-order valence-electron chi connectivity index (χ2n) is 6.93. The Morgan fingerprint density at radius 2 is 1.88 bits per heavy atom. The minimum atomic E-state index is -1.54. The molecule has 0 bridgehead atoms. The molecule has 32 heavy (non-hydrogen) atoms. The minimum Gasteiger partial charge on any atom is -0.454 e. The fraction of sp³-hybridized carbons (Fsp3) is 0.136. The maximum Gasteiger partial charge on any atom is 0.270 e. The van der Waals surface area contributed by atoms with Gasteiger partial charge in [-0.1, -0.05) is 24.3 Å². The number of ether oxygens (including phenoxy) is 2. The highest BCUT2D eigenvalue weighted by Gasteiger charge is 2.31. The van der Waals surface area contributed by atoms with E-state index in [1.807, 2.05) is 0 Å². The van der Waals surface area contributed by atoms with Crippen molar-refractivity contribution in [3.05, 3.63) is 98.5 Å². The quantitative estimate of drug-likeness (QED) is 0.261. The Labute approximate surface area is 181 Å². The van der Waals surface area contributed by atoms with Crippen molar-refractivity contribution in [1.29, 1.82) is 0 Å². The highest BCUT2D eigenvalue weighted by molar-refractivity contribution is 6.12. The van der Waals surface area contributed by atoms with Gasteiger partial charge in [0.15, 0.2) is 23.3 Å². The summed E-state index contributed by atoms with van der Waals surface area (Å²) in [5, 5.41) is 13.7. The van der Waals surface area contributed by atoms with Crippen LogP contribution in [0.15, 0.2) is 71.7 Å². The maximum absolute atomic E-state index is 13.2. The zero-order valence-corrected chi connectivity index (χ0v) is 16.6. The molecule has 1 aromatic heterocycles. The van der Waals surface area contributed by atoms with Gasteiger partial charge in [0.25, 0.3) is 17.2 Å². The topological polar surface area (TPSA) is 130 Å². The summed E-state index contributed by atoms with van der Waals surface area (Å²) >= 11 is 0. The van der Waals surface area contributed by atoms with Gasteiger partial charge in [0.1, 0.15) is 0 Å². The number of rotatable bonds is 7. The molecule has 10 heteroatoms. The molecule has 0 spiro atoms. The Morgan fingerprint density at radius 3 is 2.66 bits per heavy atom. The monoisotopic (exact) mass is 435 g/mol. The van der Waals surface area contributed by atoms with Gasteiger partial charge in [-0.05, 0) is 23.8 Å². The highest BCUT2D eigenvalue weighted by atomic mass is 16.7. The lowest BCUT2D eigenvalue weighted by Gasteiger charge is -2.18. The smallest absolute Gasteiger partial charge is 0.270 e. The summed E-state index contributed by atoms with van der Waals surface area (Å²) in [4.78, 5) is 49.1. The van der Waals surface area contributed by atoms with E-state index >= 15 is 0 Å². The molecule has 1 N–H and O–H groups in total. The van der Waals surface area contributed by atoms with Crippen LogP contribution >= 0.6 is 0 Å². The lowest BCUT2D eigenvalue weighted by molar-refractivity contribution is -0.384. The Bertz CT molecular complexity index is 1270. The van der Waals surface area contributed by atoms with E-state index in [1.54, 1.807) is 18.2 Å². The van der Waals surface area contributed by atoms with Gasteiger partial charge in [-0.15, -0.1) is 0 Å². The molecule has 4 rings (SSSR count). The third kappa shape index (κ3) is 4.19. The summed E-state index contributed by atoms with van der Waals surface area (Å²) in [6.07, 6.45) is 1.32. The van der Waals surface area contributed by atoms with Crippen molar-refractivity contribution >= 4 is 17.4 Å². The maximum atomic E-state index is 13.2. The van der Waals surface area contributed by atoms with Crippen LogP contribution < -0.4 is 20.3 Å². The molecule has 1 unspecified atom stereocenters. The number of nitro benzene ring substituents is 1. The number of carbonyl (C=O) groups excluding carboxylic acids is 2. The number of nitrogens with zero attached hydrogens (tertiary/aromatic N) is 2. The van der Waals surface area contributed by atoms with Crippen LogP contribution in [0, 0.1) is 10.1 Å². The van der Waals surface area contributed by atoms with E-state index in [9.17, 15) is 24.5 Å². The standard InChI is InChI=1S/C22H17N3O7/c26-19-6-1-2-9-24(19)20(21(27)15-4-3-5-16(11-15)25(29)30)22(28)23-12-14-7-8-17-18(10-14)32-13-31-17/h1-11,20H,12-13H2,(H,23,28). The first kappa shape index (κ1) is 20.8. The molecule has 0 radical (unpaired) electrons. The van der Waals surface area contributed by atoms with Crippen LogP contribution in [-0.2, 0) is 11.3 Å². The van der Waals surface area contributed by atoms with Crippen molar-refractivity contribution < 1.29 is 24.0 Å². The summed E-state index contributed by atoms with van der Waals surface area (Å²) in [5.41, 5.74) is -0.215. The molecule has 10 nitrogen and oxygen atoms in total. The molecule has 0 fully saturated rings. The van der Waals surface area contributed by atoms with E-state index in [2.05, 4.69) is 5.32 Å². The Kier molecular flexibility index (Phi) is 5.67. The van der Waals surface area contributed by atoms with Crippen molar-refractivity contribution in [3.8, 4) is 11.5 Å². The number of nitrogens with one attached hydrogen (secondary N) is 1. The first-order valence-corrected chi connectivity index (χ1v) is 9.56. The van der Waals surface area contributed by atoms with Gasteiger partial charge in [0, 0.05) is 36.5 Å². The fourth-order valence-corrected chi connectivity index (χ4v) is 3.29. The van der Waals surface area contributed by atoms with E-state index in [-0.39, 0.29) is 24.6 Å². The van der Waals surface area contributed by atoms with Crippen LogP contribution in [0.3, 0.4) is 0 Å². The van der Waals surface area contributed by atoms with E-state index in [0.29, 0.717) is 17.1 Å². The van der Waals surface area contributed by atoms with Crippen LogP contribution in [0.5, 0.6) is 11.5 Å². The molecular weight excluding hydrogens is 418 g/mol. The number of benzene rings is 2. The molecule has 0 aliphatic carbocycles. The molecule has 0 saturated carbocycles. The number of ketones is 1. The second-order valence-corrected chi connectivity index (χ2v) is 6.93. The Balaban J connectivity index is 1.62. The molecule has 1 aliphatic rings. The molecule has 2 heterocycles. The SMILES string of the molecule is O=C(NCc1ccc2c(c1)OCO2)C(C(=O)c1cccc([N+](=O)[O-])c1)n1ccccc1=O. The average molecular weight is 435 g/mol. The van der Waals surface area contributed by atoms with Gasteiger partial charge >= 0.3 is 0 Å². The third-order valence-corrected chi connectivity index (χ3v) is 4.87. The van der Waals surface area contributed by atoms with E-state index < -0.39 is 28.2 Å². The zero-order chi connectivity index (χ0) is 22.7. The molecule has 1 amide bonds. The van der Waals surface area contributed by atoms with Crippen molar-refractivity contribution in [2.45, 2.75) is 12.6 Å². The summed E-state index contributed by atoms with van der Waals surface area (Å²) in [6, 6.07) is 12.8. The number of nitro groups is 1. The number of hydrogen-bond donors (Lipinski definition) is 1. The first-order chi connectivity index (χ1) is 15.4. The van der Waals surface area contributed by atoms with Crippen LogP contribution in [0.25, 0.3) is 0 Å². The lowest BCUT2D eigenvalue weighted by Crippen LogP contribution is -2.41. The van der Waals surface area contributed by atoms with Crippen LogP contribution in [0.2, 0.25) is 0 Å². The van der Waals surface area contributed by atoms with Crippen molar-refractivity contribution in [1.82, 2.24) is 9.88 Å². The van der Waals surface area contributed by atoms with Gasteiger partial charge in [-0.3, -0.25) is 29.1 Å². The van der Waals surface area contributed by atoms with Gasteiger partial charge < -0.3 is 14.8 Å². The third-order valence-electron chi connectivity index (χ3n) is 4.87. The van der Waals surface area contributed by atoms with Crippen molar-refractivity contribution in [2.75, 3.05) is 6.79 Å². The highest BCUT2D eigenvalue weighted by Crippen LogP contribution is 2.32. The normalized spacial score (nSPS) is 12.8. The zero-order valence-electron chi connectivity index (χ0n) is 16.6. The molecule has 1 atom stereocenters. The van der Waals surface area contributed by atoms with Crippen LogP contribution in [0.1, 0.15) is 22.0 Å². The van der Waals surface area contributed by atoms with Crippen molar-refractivity contribution in [3.63, 3.8) is 0 Å². The summed E-state index contributed by atoms with van der Waals surface area (Å²) in [5.74, 6) is -0.340. The van der Waals surface area contributed by atoms with E-state index in [0.717, 1.165) is 10.6 Å². The fourth-order valence-electron chi connectivity index (χ4n) is 3.29. The summed E-state index contributed by atoms with van der Waals surface area (Å²) < 4.78 is 11.6. The van der Waals surface area contributed by atoms with E-state index in [4.69, 9.17) is 9.47 Å². The van der Waals surface area contributed by atoms with Gasteiger partial charge in [-0.2, -0.15) is 0 Å². The Hall–Kier alpha value is -4.47. The van der Waals surface area contributed by atoms with Gasteiger partial charge in [-0.25, -0.2) is 0 Å². The molecule has 1 aliphatic heterocycles. The number of fused-ring (bicyclic) bond motifs is 1. The average Bonchev–Trinajstić information content (AvgIpc) is 3.27. The molecule has 2 aromatic carbocycles. The van der Waals surface area contributed by atoms with Crippen LogP contribution in [-0.4, -0.2) is 28.0 Å². The first-order valence-electron chi connectivity index (χ1n) is 9.56. The van der Waals surface area contributed by atoms with Gasteiger partial charge in [0.2, 0.25) is 6.79 Å². The number of carbonyl (C=O) groups is 2. The summed E-state index contributed by atoms with van der Waals surface area (Å²) in [7, 11) is 0. The number of non-ortho nitro benzene ring substituents is 1. The van der Waals surface area contributed by atoms with E-state index in [1.165, 1.54) is 42.6 Å². The number of amides is 1. The largest absolute Gasteiger partial charge is 0.454 e. The predicted molar refractivity (Wildman–Crippen MR) is 112 cm³/mol. The lowest BCUT2D eigenvalue weighted by atomic mass is 10.0. The molecule has 3 aromatic rings. The number of Topliss-reactive ketones (excluding diaryl/α,β-unsaturated/α-hetero) is 1. The number of pyridine rings is 1. The number of hydrogen-bond acceptors (Lipinski definition) is 7. The molecular formula is C22H17N3O7. The number of aromatic nitrogens is 1. The van der Waals surface area contributed by atoms with Gasteiger partial charge in [0.05, 0.1) is 4.92 Å². The second kappa shape index (κ2) is 8.72. The predicted octanol–water partition coefficient (Wildman–Crippen LogP) is 2.23. The minimum absolute atomic E-state index is 0.0572. The van der Waals surface area contributed by atoms with Crippen LogP contribution in [0.4, 0.5) is 5.69 Å². The summed E-state index contributed by atoms with van der Waals surface area (Å²) in [6.45, 7) is 0.178. The Morgan fingerprint density at radius 1 is 1.06 bits per heavy atom.